The first-order valence-corrected chi connectivity index (χ1v) is 9.30. The molecule has 0 aliphatic carbocycles. The van der Waals surface area contributed by atoms with Crippen molar-refractivity contribution in [3.05, 3.63) is 59.7 Å². The van der Waals surface area contributed by atoms with Gasteiger partial charge in [0.15, 0.2) is 0 Å². The molecule has 0 spiro atoms. The third-order valence-electron chi connectivity index (χ3n) is 2.92. The van der Waals surface area contributed by atoms with Gasteiger partial charge in [-0.05, 0) is 42.2 Å². The molecule has 7 heteroatoms. The number of thioether (sulfide) groups is 1. The van der Waals surface area contributed by atoms with Crippen LogP contribution in [0.2, 0.25) is 0 Å². The largest absolute Gasteiger partial charge is 0.366 e. The monoisotopic (exact) mass is 336 g/mol. The second-order valence-corrected chi connectivity index (χ2v) is 7.18. The predicted octanol–water partition coefficient (Wildman–Crippen LogP) is 2.45. The smallest absolute Gasteiger partial charge is 0.261 e. The number of carbonyl (C=O) groups is 1. The van der Waals surface area contributed by atoms with Crippen molar-refractivity contribution < 1.29 is 13.2 Å². The molecule has 0 aliphatic rings. The molecular weight excluding hydrogens is 320 g/mol. The minimum atomic E-state index is -3.71. The number of anilines is 1. The zero-order valence-electron chi connectivity index (χ0n) is 11.9. The summed E-state index contributed by atoms with van der Waals surface area (Å²) in [6.07, 6.45) is 1.95. The first-order valence-electron chi connectivity index (χ1n) is 6.43. The minimum Gasteiger partial charge on any atom is -0.366 e. The van der Waals surface area contributed by atoms with Crippen LogP contribution in [0.5, 0.6) is 0 Å². The van der Waals surface area contributed by atoms with Crippen LogP contribution in [-0.2, 0) is 15.8 Å². The second-order valence-electron chi connectivity index (χ2n) is 4.63. The maximum absolute atomic E-state index is 12.4. The van der Waals surface area contributed by atoms with Crippen molar-refractivity contribution >= 4 is 33.4 Å². The van der Waals surface area contributed by atoms with Crippen molar-refractivity contribution in [1.29, 1.82) is 0 Å². The van der Waals surface area contributed by atoms with Crippen molar-refractivity contribution in [1.82, 2.24) is 0 Å². The molecule has 0 saturated heterocycles. The van der Waals surface area contributed by atoms with Crippen LogP contribution in [-0.4, -0.2) is 20.6 Å². The summed E-state index contributed by atoms with van der Waals surface area (Å²) in [4.78, 5) is 11.3. The summed E-state index contributed by atoms with van der Waals surface area (Å²) in [6.45, 7) is 0. The third-order valence-corrected chi connectivity index (χ3v) is 4.92. The van der Waals surface area contributed by atoms with Gasteiger partial charge in [0.25, 0.3) is 10.0 Å². The van der Waals surface area contributed by atoms with Crippen LogP contribution in [0.3, 0.4) is 0 Å². The fourth-order valence-corrected chi connectivity index (χ4v) is 3.55. The molecule has 2 rings (SSSR count). The van der Waals surface area contributed by atoms with E-state index in [9.17, 15) is 13.2 Å². The van der Waals surface area contributed by atoms with E-state index in [2.05, 4.69) is 4.72 Å². The minimum absolute atomic E-state index is 0.184. The summed E-state index contributed by atoms with van der Waals surface area (Å²) >= 11 is 1.62. The van der Waals surface area contributed by atoms with Crippen LogP contribution in [0.25, 0.3) is 0 Å². The Morgan fingerprint density at radius 2 is 1.91 bits per heavy atom. The Bertz CT molecular complexity index is 789. The predicted molar refractivity (Wildman–Crippen MR) is 89.4 cm³/mol. The molecule has 5 nitrogen and oxygen atoms in total. The summed E-state index contributed by atoms with van der Waals surface area (Å²) in [5.74, 6) is 0.128. The maximum atomic E-state index is 12.4. The first-order chi connectivity index (χ1) is 10.4. The Balaban J connectivity index is 2.29. The molecule has 0 saturated carbocycles. The van der Waals surface area contributed by atoms with Gasteiger partial charge in [0.2, 0.25) is 5.91 Å². The van der Waals surface area contributed by atoms with Crippen LogP contribution in [0.4, 0.5) is 5.69 Å². The van der Waals surface area contributed by atoms with Gasteiger partial charge >= 0.3 is 0 Å². The number of benzene rings is 2. The van der Waals surface area contributed by atoms with Crippen LogP contribution in [0.15, 0.2) is 53.4 Å². The first kappa shape index (κ1) is 16.4. The topological polar surface area (TPSA) is 89.3 Å². The highest BCUT2D eigenvalue weighted by Crippen LogP contribution is 2.19. The summed E-state index contributed by atoms with van der Waals surface area (Å²) in [6, 6.07) is 12.8. The van der Waals surface area contributed by atoms with E-state index in [1.807, 2.05) is 12.3 Å². The number of carbonyl (C=O) groups excluding carboxylic acids is 1. The number of primary amides is 1. The molecule has 2 aromatic carbocycles. The summed E-state index contributed by atoms with van der Waals surface area (Å²) in [5, 5.41) is 0. The van der Waals surface area contributed by atoms with Crippen LogP contribution in [0.1, 0.15) is 15.9 Å². The number of hydrogen-bond acceptors (Lipinski definition) is 4. The molecule has 0 atom stereocenters. The zero-order chi connectivity index (χ0) is 16.2. The lowest BCUT2D eigenvalue weighted by Gasteiger charge is -2.10. The van der Waals surface area contributed by atoms with Gasteiger partial charge in [-0.25, -0.2) is 8.42 Å². The van der Waals surface area contributed by atoms with Gasteiger partial charge in [0.1, 0.15) is 0 Å². The Morgan fingerprint density at radius 1 is 1.18 bits per heavy atom. The van der Waals surface area contributed by atoms with Crippen molar-refractivity contribution in [2.24, 2.45) is 5.73 Å². The normalized spacial score (nSPS) is 11.1. The zero-order valence-corrected chi connectivity index (χ0v) is 13.6. The molecule has 0 bridgehead atoms. The van der Waals surface area contributed by atoms with Crippen LogP contribution < -0.4 is 10.5 Å². The van der Waals surface area contributed by atoms with Gasteiger partial charge in [-0.1, -0.05) is 18.2 Å². The molecule has 2 aromatic rings. The lowest BCUT2D eigenvalue weighted by atomic mass is 10.2. The third kappa shape index (κ3) is 4.02. The Hall–Kier alpha value is -1.99. The van der Waals surface area contributed by atoms with Crippen molar-refractivity contribution in [3.63, 3.8) is 0 Å². The van der Waals surface area contributed by atoms with E-state index in [1.54, 1.807) is 36.0 Å². The molecule has 116 valence electrons. The molecule has 0 fully saturated rings. The molecule has 0 aliphatic heterocycles. The molecule has 1 amide bonds. The standard InChI is InChI=1S/C15H16N2O3S2/c1-21-10-11-4-2-7-14(8-11)22(19,20)17-13-6-3-5-12(9-13)15(16)18/h2-9,17H,10H2,1H3,(H2,16,18). The molecule has 0 aromatic heterocycles. The molecule has 0 heterocycles. The highest BCUT2D eigenvalue weighted by molar-refractivity contribution is 7.97. The summed E-state index contributed by atoms with van der Waals surface area (Å²) < 4.78 is 27.3. The van der Waals surface area contributed by atoms with E-state index in [0.29, 0.717) is 5.69 Å². The van der Waals surface area contributed by atoms with Crippen LogP contribution >= 0.6 is 11.8 Å². The van der Waals surface area contributed by atoms with E-state index >= 15 is 0 Å². The van der Waals surface area contributed by atoms with E-state index in [0.717, 1.165) is 11.3 Å². The van der Waals surface area contributed by atoms with Gasteiger partial charge in [-0.15, -0.1) is 0 Å². The second kappa shape index (κ2) is 6.85. The van der Waals surface area contributed by atoms with E-state index in [-0.39, 0.29) is 10.5 Å². The van der Waals surface area contributed by atoms with Crippen molar-refractivity contribution in [2.45, 2.75) is 10.6 Å². The van der Waals surface area contributed by atoms with Gasteiger partial charge in [-0.3, -0.25) is 9.52 Å². The molecule has 0 radical (unpaired) electrons. The summed E-state index contributed by atoms with van der Waals surface area (Å²) in [7, 11) is -3.71. The van der Waals surface area contributed by atoms with Gasteiger partial charge in [0, 0.05) is 17.0 Å². The van der Waals surface area contributed by atoms with Gasteiger partial charge in [0.05, 0.1) is 4.90 Å². The highest BCUT2D eigenvalue weighted by atomic mass is 32.2. The molecular formula is C15H16N2O3S2. The average Bonchev–Trinajstić information content (AvgIpc) is 2.48. The molecule has 3 N–H and O–H groups in total. The summed E-state index contributed by atoms with van der Waals surface area (Å²) in [5.41, 5.74) is 6.67. The highest BCUT2D eigenvalue weighted by Gasteiger charge is 2.15. The fourth-order valence-electron chi connectivity index (χ4n) is 1.92. The lowest BCUT2D eigenvalue weighted by Crippen LogP contribution is -2.15. The number of rotatable bonds is 6. The van der Waals surface area contributed by atoms with E-state index in [1.165, 1.54) is 18.2 Å². The number of nitrogens with one attached hydrogen (secondary N) is 1. The van der Waals surface area contributed by atoms with Crippen LogP contribution in [0, 0.1) is 0 Å². The number of nitrogens with two attached hydrogens (primary N) is 1. The average molecular weight is 336 g/mol. The van der Waals surface area contributed by atoms with Crippen molar-refractivity contribution in [3.8, 4) is 0 Å². The Kier molecular flexibility index (Phi) is 5.10. The number of amides is 1. The number of hydrogen-bond donors (Lipinski definition) is 2. The Morgan fingerprint density at radius 3 is 2.59 bits per heavy atom. The van der Waals surface area contributed by atoms with E-state index in [4.69, 9.17) is 5.73 Å². The molecule has 0 unspecified atom stereocenters. The quantitative estimate of drug-likeness (QED) is 0.848. The van der Waals surface area contributed by atoms with E-state index < -0.39 is 15.9 Å². The maximum Gasteiger partial charge on any atom is 0.261 e. The van der Waals surface area contributed by atoms with Gasteiger partial charge in [-0.2, -0.15) is 11.8 Å². The van der Waals surface area contributed by atoms with Gasteiger partial charge < -0.3 is 5.73 Å². The SMILES string of the molecule is CSCc1cccc(S(=O)(=O)Nc2cccc(C(N)=O)c2)c1. The lowest BCUT2D eigenvalue weighted by molar-refractivity contribution is 0.100. The fraction of sp³-hybridized carbons (Fsp3) is 0.133. The number of sulfonamides is 1. The molecule has 22 heavy (non-hydrogen) atoms. The Labute approximate surface area is 134 Å². The van der Waals surface area contributed by atoms with Crippen molar-refractivity contribution in [2.75, 3.05) is 11.0 Å².